The van der Waals surface area contributed by atoms with Crippen molar-refractivity contribution < 1.29 is 14.6 Å². The second-order valence-corrected chi connectivity index (χ2v) is 8.69. The third-order valence-electron chi connectivity index (χ3n) is 5.06. The largest absolute Gasteiger partial charge is 0.386 e. The molecule has 1 aromatic rings. The Bertz CT molecular complexity index is 605. The van der Waals surface area contributed by atoms with E-state index in [9.17, 15) is 5.11 Å². The second-order valence-electron chi connectivity index (χ2n) is 8.69. The lowest BCUT2D eigenvalue weighted by Gasteiger charge is -2.20. The first-order valence-corrected chi connectivity index (χ1v) is 10.9. The van der Waals surface area contributed by atoms with Gasteiger partial charge in [-0.2, -0.15) is 0 Å². The van der Waals surface area contributed by atoms with E-state index in [0.717, 1.165) is 63.9 Å². The fourth-order valence-corrected chi connectivity index (χ4v) is 3.18. The maximum atomic E-state index is 10.5. The molecule has 164 valence electrons. The number of ether oxygens (including phenoxy) is 2. The molecule has 6 nitrogen and oxygen atoms in total. The van der Waals surface area contributed by atoms with Crippen molar-refractivity contribution in [2.45, 2.75) is 52.1 Å². The van der Waals surface area contributed by atoms with Crippen LogP contribution in [0.1, 0.15) is 57.8 Å². The Morgan fingerprint density at radius 1 is 1.28 bits per heavy atom. The Kier molecular flexibility index (Phi) is 9.91. The number of benzene rings is 1. The second kappa shape index (κ2) is 12.2. The first-order chi connectivity index (χ1) is 13.9. The maximum absolute atomic E-state index is 10.5. The molecule has 1 aliphatic heterocycles. The molecular formula is C23H39N3O3. The summed E-state index contributed by atoms with van der Waals surface area (Å²) in [4.78, 5) is 4.53. The topological polar surface area (TPSA) is 75.1 Å². The minimum absolute atomic E-state index is 0.109. The van der Waals surface area contributed by atoms with Crippen molar-refractivity contribution in [3.63, 3.8) is 0 Å². The molecule has 1 saturated heterocycles. The Morgan fingerprint density at radius 3 is 2.66 bits per heavy atom. The molecule has 1 aliphatic rings. The first kappa shape index (κ1) is 23.6. The van der Waals surface area contributed by atoms with E-state index in [-0.39, 0.29) is 5.41 Å². The van der Waals surface area contributed by atoms with Gasteiger partial charge in [-0.15, -0.1) is 0 Å². The van der Waals surface area contributed by atoms with Crippen LogP contribution in [0.3, 0.4) is 0 Å². The zero-order valence-electron chi connectivity index (χ0n) is 18.5. The fraction of sp³-hybridized carbons (Fsp3) is 0.696. The molecule has 2 unspecified atom stereocenters. The Labute approximate surface area is 176 Å². The fourth-order valence-electron chi connectivity index (χ4n) is 3.18. The van der Waals surface area contributed by atoms with Gasteiger partial charge in [-0.05, 0) is 36.3 Å². The van der Waals surface area contributed by atoms with E-state index in [4.69, 9.17) is 9.47 Å². The number of hydrogen-bond donors (Lipinski definition) is 3. The van der Waals surface area contributed by atoms with Gasteiger partial charge in [0.1, 0.15) is 0 Å². The van der Waals surface area contributed by atoms with Crippen LogP contribution in [-0.4, -0.2) is 57.1 Å². The predicted octanol–water partition coefficient (Wildman–Crippen LogP) is 3.02. The van der Waals surface area contributed by atoms with Crippen LogP contribution < -0.4 is 10.6 Å². The summed E-state index contributed by atoms with van der Waals surface area (Å²) in [5, 5.41) is 17.0. The van der Waals surface area contributed by atoms with Crippen molar-refractivity contribution in [2.24, 2.45) is 10.9 Å². The summed E-state index contributed by atoms with van der Waals surface area (Å²) in [5.41, 5.74) is 2.26. The molecule has 6 heteroatoms. The van der Waals surface area contributed by atoms with E-state index in [0.29, 0.717) is 12.5 Å². The molecule has 0 spiro atoms. The van der Waals surface area contributed by atoms with E-state index < -0.39 is 6.10 Å². The van der Waals surface area contributed by atoms with Gasteiger partial charge < -0.3 is 25.2 Å². The molecule has 0 radical (unpaired) electrons. The van der Waals surface area contributed by atoms with Crippen molar-refractivity contribution in [3.05, 3.63) is 35.4 Å². The number of nitrogens with zero attached hydrogens (tertiary/aromatic N) is 1. The molecule has 1 fully saturated rings. The molecule has 3 N–H and O–H groups in total. The van der Waals surface area contributed by atoms with E-state index in [1.54, 1.807) is 0 Å². The maximum Gasteiger partial charge on any atom is 0.191 e. The third kappa shape index (κ3) is 8.72. The number of aliphatic imine (C=N–C) groups is 1. The van der Waals surface area contributed by atoms with Gasteiger partial charge in [-0.25, -0.2) is 0 Å². The molecule has 1 aromatic carbocycles. The standard InChI is InChI=1S/C23H39N3O3/c1-5-24-22(25-12-6-13-28-16-18-11-14-29-17-18)26-15-21(27)19-7-9-20(10-8-19)23(2,3)4/h7-10,18,21,27H,5-6,11-17H2,1-4H3,(H2,24,25,26). The molecule has 2 rings (SSSR count). The average molecular weight is 406 g/mol. The van der Waals surface area contributed by atoms with Crippen LogP contribution in [-0.2, 0) is 14.9 Å². The monoisotopic (exact) mass is 405 g/mol. The van der Waals surface area contributed by atoms with E-state index in [1.807, 2.05) is 19.1 Å². The van der Waals surface area contributed by atoms with Gasteiger partial charge in [0.05, 0.1) is 25.9 Å². The van der Waals surface area contributed by atoms with Gasteiger partial charge in [-0.3, -0.25) is 4.99 Å². The minimum Gasteiger partial charge on any atom is -0.386 e. The van der Waals surface area contributed by atoms with Crippen molar-refractivity contribution in [1.82, 2.24) is 10.6 Å². The molecule has 0 saturated carbocycles. The van der Waals surface area contributed by atoms with Crippen LogP contribution >= 0.6 is 0 Å². The number of guanidine groups is 1. The quantitative estimate of drug-likeness (QED) is 0.317. The Hall–Kier alpha value is -1.63. The number of nitrogens with one attached hydrogen (secondary N) is 2. The molecule has 0 bridgehead atoms. The first-order valence-electron chi connectivity index (χ1n) is 10.9. The summed E-state index contributed by atoms with van der Waals surface area (Å²) in [5.74, 6) is 1.28. The lowest BCUT2D eigenvalue weighted by Crippen LogP contribution is -2.38. The van der Waals surface area contributed by atoms with Gasteiger partial charge in [-0.1, -0.05) is 45.0 Å². The Morgan fingerprint density at radius 2 is 2.03 bits per heavy atom. The van der Waals surface area contributed by atoms with E-state index >= 15 is 0 Å². The van der Waals surface area contributed by atoms with Gasteiger partial charge in [0.2, 0.25) is 0 Å². The summed E-state index contributed by atoms with van der Waals surface area (Å²) in [7, 11) is 0. The van der Waals surface area contributed by atoms with Gasteiger partial charge in [0.25, 0.3) is 0 Å². The highest BCUT2D eigenvalue weighted by Crippen LogP contribution is 2.24. The average Bonchev–Trinajstić information content (AvgIpc) is 3.21. The van der Waals surface area contributed by atoms with Crippen LogP contribution in [0.4, 0.5) is 0 Å². The van der Waals surface area contributed by atoms with Gasteiger partial charge >= 0.3 is 0 Å². The summed E-state index contributed by atoms with van der Waals surface area (Å²) >= 11 is 0. The van der Waals surface area contributed by atoms with Crippen molar-refractivity contribution in [3.8, 4) is 0 Å². The minimum atomic E-state index is -0.614. The highest BCUT2D eigenvalue weighted by molar-refractivity contribution is 5.79. The molecule has 0 aromatic heterocycles. The third-order valence-corrected chi connectivity index (χ3v) is 5.06. The van der Waals surface area contributed by atoms with Crippen LogP contribution in [0.2, 0.25) is 0 Å². The van der Waals surface area contributed by atoms with Crippen LogP contribution in [0, 0.1) is 5.92 Å². The van der Waals surface area contributed by atoms with Crippen LogP contribution in [0.25, 0.3) is 0 Å². The molecular weight excluding hydrogens is 366 g/mol. The summed E-state index contributed by atoms with van der Waals surface area (Å²) in [6, 6.07) is 8.16. The SMILES string of the molecule is CCNC(=NCC(O)c1ccc(C(C)(C)C)cc1)NCCCOCC1CCOC1. The normalized spacial score (nSPS) is 18.7. The van der Waals surface area contributed by atoms with E-state index in [2.05, 4.69) is 48.5 Å². The summed E-state index contributed by atoms with van der Waals surface area (Å²) < 4.78 is 11.1. The molecule has 0 aliphatic carbocycles. The van der Waals surface area contributed by atoms with Gasteiger partial charge in [0, 0.05) is 32.2 Å². The van der Waals surface area contributed by atoms with Crippen molar-refractivity contribution in [1.29, 1.82) is 0 Å². The summed E-state index contributed by atoms with van der Waals surface area (Å²) in [6.07, 6.45) is 1.40. The highest BCUT2D eigenvalue weighted by atomic mass is 16.5. The highest BCUT2D eigenvalue weighted by Gasteiger charge is 2.16. The zero-order valence-corrected chi connectivity index (χ0v) is 18.5. The lowest BCUT2D eigenvalue weighted by atomic mass is 9.86. The smallest absolute Gasteiger partial charge is 0.191 e. The molecule has 29 heavy (non-hydrogen) atoms. The zero-order chi connectivity index (χ0) is 21.1. The molecule has 0 amide bonds. The predicted molar refractivity (Wildman–Crippen MR) is 118 cm³/mol. The number of rotatable bonds is 10. The number of hydrogen-bond acceptors (Lipinski definition) is 4. The van der Waals surface area contributed by atoms with Crippen molar-refractivity contribution in [2.75, 3.05) is 46.1 Å². The number of aliphatic hydroxyl groups is 1. The Balaban J connectivity index is 1.72. The lowest BCUT2D eigenvalue weighted by molar-refractivity contribution is 0.0888. The molecule has 2 atom stereocenters. The van der Waals surface area contributed by atoms with Crippen LogP contribution in [0.15, 0.2) is 29.3 Å². The van der Waals surface area contributed by atoms with E-state index in [1.165, 1.54) is 5.56 Å². The van der Waals surface area contributed by atoms with Crippen LogP contribution in [0.5, 0.6) is 0 Å². The van der Waals surface area contributed by atoms with Crippen molar-refractivity contribution >= 4 is 5.96 Å². The summed E-state index contributed by atoms with van der Waals surface area (Å²) in [6.45, 7) is 13.7. The number of aliphatic hydroxyl groups excluding tert-OH is 1. The molecule has 1 heterocycles. The van der Waals surface area contributed by atoms with Gasteiger partial charge in [0.15, 0.2) is 5.96 Å².